The van der Waals surface area contributed by atoms with E-state index in [2.05, 4.69) is 10.3 Å². The number of aromatic nitrogens is 1. The highest BCUT2D eigenvalue weighted by Crippen LogP contribution is 2.27. The number of benzene rings is 2. The van der Waals surface area contributed by atoms with Crippen LogP contribution < -0.4 is 15.7 Å². The van der Waals surface area contributed by atoms with Crippen molar-refractivity contribution in [3.05, 3.63) is 63.5 Å². The monoisotopic (exact) mass is 408 g/mol. The molecule has 0 aliphatic carbocycles. The number of methoxy groups -OCH3 is 1. The number of amides is 1. The predicted molar refractivity (Wildman–Crippen MR) is 115 cm³/mol. The Morgan fingerprint density at radius 2 is 2.03 bits per heavy atom. The number of hydrogen-bond donors (Lipinski definition) is 1. The third-order valence-corrected chi connectivity index (χ3v) is 5.82. The van der Waals surface area contributed by atoms with E-state index in [4.69, 9.17) is 9.15 Å². The summed E-state index contributed by atoms with van der Waals surface area (Å²) in [6.45, 7) is 3.89. The van der Waals surface area contributed by atoms with Gasteiger partial charge in [0.2, 0.25) is 5.91 Å². The van der Waals surface area contributed by atoms with E-state index < -0.39 is 5.63 Å². The first-order valence-corrected chi connectivity index (χ1v) is 10.0. The molecule has 4 aromatic rings. The Labute approximate surface area is 171 Å². The van der Waals surface area contributed by atoms with Gasteiger partial charge in [-0.2, -0.15) is 0 Å². The van der Waals surface area contributed by atoms with Crippen molar-refractivity contribution in [1.29, 1.82) is 0 Å². The molecule has 2 aromatic heterocycles. The highest BCUT2D eigenvalue weighted by atomic mass is 32.1. The summed E-state index contributed by atoms with van der Waals surface area (Å²) in [5, 5.41) is 4.23. The van der Waals surface area contributed by atoms with E-state index >= 15 is 0 Å². The molecule has 2 aromatic carbocycles. The van der Waals surface area contributed by atoms with Crippen molar-refractivity contribution in [2.75, 3.05) is 12.4 Å². The van der Waals surface area contributed by atoms with Crippen LogP contribution in [-0.4, -0.2) is 18.0 Å². The summed E-state index contributed by atoms with van der Waals surface area (Å²) in [6, 6.07) is 11.3. The van der Waals surface area contributed by atoms with Crippen LogP contribution >= 0.6 is 11.3 Å². The molecular formula is C22H20N2O4S. The highest BCUT2D eigenvalue weighted by Gasteiger charge is 2.15. The number of hydrogen-bond acceptors (Lipinski definition) is 6. The molecule has 0 unspecified atom stereocenters. The molecule has 2 heterocycles. The number of thiazole rings is 1. The fraction of sp³-hybridized carbons (Fsp3) is 0.227. The van der Waals surface area contributed by atoms with E-state index in [9.17, 15) is 9.59 Å². The maximum absolute atomic E-state index is 12.4. The molecule has 4 rings (SSSR count). The molecule has 0 radical (unpaired) electrons. The summed E-state index contributed by atoms with van der Waals surface area (Å²) in [7, 11) is 1.56. The maximum atomic E-state index is 12.4. The van der Waals surface area contributed by atoms with Crippen molar-refractivity contribution in [2.45, 2.75) is 26.7 Å². The van der Waals surface area contributed by atoms with Crippen LogP contribution in [0.1, 0.15) is 23.1 Å². The second-order valence-electron chi connectivity index (χ2n) is 6.89. The van der Waals surface area contributed by atoms with Crippen LogP contribution in [0.3, 0.4) is 0 Å². The number of carbonyl (C=O) groups is 1. The summed E-state index contributed by atoms with van der Waals surface area (Å²) in [6.07, 6.45) is 0.466. The van der Waals surface area contributed by atoms with E-state index in [0.29, 0.717) is 28.4 Å². The summed E-state index contributed by atoms with van der Waals surface area (Å²) in [5.41, 5.74) is 3.39. The molecule has 0 bridgehead atoms. The van der Waals surface area contributed by atoms with E-state index in [1.807, 2.05) is 44.2 Å². The van der Waals surface area contributed by atoms with Crippen molar-refractivity contribution in [1.82, 2.24) is 4.98 Å². The van der Waals surface area contributed by atoms with Gasteiger partial charge >= 0.3 is 5.63 Å². The molecule has 148 valence electrons. The smallest absolute Gasteiger partial charge is 0.339 e. The van der Waals surface area contributed by atoms with E-state index in [-0.39, 0.29) is 12.3 Å². The van der Waals surface area contributed by atoms with Gasteiger partial charge in [0.05, 0.1) is 17.3 Å². The number of aryl methyl sites for hydroxylation is 2. The fourth-order valence-electron chi connectivity index (χ4n) is 3.30. The quantitative estimate of drug-likeness (QED) is 0.488. The summed E-state index contributed by atoms with van der Waals surface area (Å²) in [5.74, 6) is 0.438. The average molecular weight is 408 g/mol. The van der Waals surface area contributed by atoms with Crippen LogP contribution in [0.5, 0.6) is 5.75 Å². The topological polar surface area (TPSA) is 81.4 Å². The lowest BCUT2D eigenvalue weighted by molar-refractivity contribution is -0.116. The molecule has 29 heavy (non-hydrogen) atoms. The first kappa shape index (κ1) is 19.1. The van der Waals surface area contributed by atoms with Gasteiger partial charge < -0.3 is 14.5 Å². The van der Waals surface area contributed by atoms with Crippen LogP contribution in [0.15, 0.2) is 45.6 Å². The minimum Gasteiger partial charge on any atom is -0.497 e. The minimum atomic E-state index is -0.425. The summed E-state index contributed by atoms with van der Waals surface area (Å²) >= 11 is 1.44. The molecule has 7 heteroatoms. The molecule has 0 fully saturated rings. The molecule has 0 spiro atoms. The van der Waals surface area contributed by atoms with E-state index in [0.717, 1.165) is 26.7 Å². The van der Waals surface area contributed by atoms with Crippen molar-refractivity contribution >= 4 is 43.6 Å². The number of carbonyl (C=O) groups excluding carboxylic acids is 1. The predicted octanol–water partition coefficient (Wildman–Crippen LogP) is 4.60. The lowest BCUT2D eigenvalue weighted by Gasteiger charge is -2.08. The van der Waals surface area contributed by atoms with Crippen molar-refractivity contribution < 1.29 is 13.9 Å². The zero-order chi connectivity index (χ0) is 20.5. The first-order chi connectivity index (χ1) is 13.9. The number of anilines is 1. The van der Waals surface area contributed by atoms with Gasteiger partial charge in [0.25, 0.3) is 0 Å². The average Bonchev–Trinajstić information content (AvgIpc) is 3.08. The number of fused-ring (bicyclic) bond motifs is 2. The van der Waals surface area contributed by atoms with Crippen LogP contribution in [0.25, 0.3) is 21.2 Å². The van der Waals surface area contributed by atoms with Crippen LogP contribution in [0.4, 0.5) is 5.13 Å². The molecule has 0 saturated heterocycles. The van der Waals surface area contributed by atoms with Crippen molar-refractivity contribution in [3.8, 4) is 5.75 Å². The second kappa shape index (κ2) is 7.67. The largest absolute Gasteiger partial charge is 0.497 e. The first-order valence-electron chi connectivity index (χ1n) is 9.22. The van der Waals surface area contributed by atoms with Crippen LogP contribution in [0, 0.1) is 13.8 Å². The highest BCUT2D eigenvalue weighted by molar-refractivity contribution is 7.22. The normalized spacial score (nSPS) is 11.1. The number of rotatable bonds is 5. The Bertz CT molecular complexity index is 1290. The zero-order valence-corrected chi connectivity index (χ0v) is 17.2. The van der Waals surface area contributed by atoms with Gasteiger partial charge in [0, 0.05) is 23.4 Å². The standard InChI is InChI=1S/C22H20N2O4S/c1-12-4-8-17-19(10-12)29-22(23-17)24-20(25)9-7-16-13(2)15-6-5-14(27-3)11-18(15)28-21(16)26/h4-6,8,10-11H,7,9H2,1-3H3,(H,23,24,25). The molecule has 6 nitrogen and oxygen atoms in total. The molecule has 1 amide bonds. The van der Waals surface area contributed by atoms with Gasteiger partial charge in [0.1, 0.15) is 11.3 Å². The molecule has 1 N–H and O–H groups in total. The fourth-order valence-corrected chi connectivity index (χ4v) is 4.28. The Morgan fingerprint density at radius 1 is 1.21 bits per heavy atom. The zero-order valence-electron chi connectivity index (χ0n) is 16.4. The minimum absolute atomic E-state index is 0.169. The number of nitrogens with zero attached hydrogens (tertiary/aromatic N) is 1. The molecular weight excluding hydrogens is 388 g/mol. The number of ether oxygens (including phenoxy) is 1. The molecule has 0 aliphatic rings. The van der Waals surface area contributed by atoms with Gasteiger partial charge in [-0.3, -0.25) is 4.79 Å². The van der Waals surface area contributed by atoms with E-state index in [1.165, 1.54) is 11.3 Å². The molecule has 0 saturated carbocycles. The van der Waals surface area contributed by atoms with Gasteiger partial charge in [-0.05, 0) is 55.7 Å². The Hall–Kier alpha value is -3.19. The van der Waals surface area contributed by atoms with Gasteiger partial charge in [-0.25, -0.2) is 9.78 Å². The Morgan fingerprint density at radius 3 is 2.83 bits per heavy atom. The van der Waals surface area contributed by atoms with Crippen LogP contribution in [0.2, 0.25) is 0 Å². The second-order valence-corrected chi connectivity index (χ2v) is 7.92. The van der Waals surface area contributed by atoms with E-state index in [1.54, 1.807) is 13.2 Å². The third kappa shape index (κ3) is 3.86. The molecule has 0 aliphatic heterocycles. The van der Waals surface area contributed by atoms with Gasteiger partial charge in [-0.15, -0.1) is 0 Å². The summed E-state index contributed by atoms with van der Waals surface area (Å²) in [4.78, 5) is 29.3. The Kier molecular flexibility index (Phi) is 5.07. The van der Waals surface area contributed by atoms with Crippen molar-refractivity contribution in [3.63, 3.8) is 0 Å². The maximum Gasteiger partial charge on any atom is 0.339 e. The van der Waals surface area contributed by atoms with Crippen molar-refractivity contribution in [2.24, 2.45) is 0 Å². The third-order valence-electron chi connectivity index (χ3n) is 4.89. The number of nitrogens with one attached hydrogen (secondary N) is 1. The lowest BCUT2D eigenvalue weighted by atomic mass is 10.0. The molecule has 0 atom stereocenters. The lowest BCUT2D eigenvalue weighted by Crippen LogP contribution is -2.16. The summed E-state index contributed by atoms with van der Waals surface area (Å²) < 4.78 is 11.6. The SMILES string of the molecule is COc1ccc2c(C)c(CCC(=O)Nc3nc4ccc(C)cc4s3)c(=O)oc2c1. The van der Waals surface area contributed by atoms with Crippen LogP contribution in [-0.2, 0) is 11.2 Å². The van der Waals surface area contributed by atoms with Gasteiger partial charge in [0.15, 0.2) is 5.13 Å². The Balaban J connectivity index is 1.51. The van der Waals surface area contributed by atoms with Gasteiger partial charge in [-0.1, -0.05) is 17.4 Å².